The highest BCUT2D eigenvalue weighted by molar-refractivity contribution is 6.35. The smallest absolute Gasteiger partial charge is 0.349 e. The van der Waals surface area contributed by atoms with E-state index in [1.54, 1.807) is 0 Å². The number of carboxylic acid groups (broad SMARTS) is 2. The fourth-order valence-corrected chi connectivity index (χ4v) is 1.61. The highest BCUT2D eigenvalue weighted by Gasteiger charge is 2.19. The summed E-state index contributed by atoms with van der Waals surface area (Å²) >= 11 is 11.5. The largest absolute Gasteiger partial charge is 0.478 e. The van der Waals surface area contributed by atoms with Gasteiger partial charge in [0.15, 0.2) is 0 Å². The third-order valence-corrected chi connectivity index (χ3v) is 2.66. The van der Waals surface area contributed by atoms with Crippen molar-refractivity contribution >= 4 is 58.2 Å². The molecule has 1 aromatic rings. The Bertz CT molecular complexity index is 545. The maximum absolute atomic E-state index is 11.0. The van der Waals surface area contributed by atoms with Crippen molar-refractivity contribution in [3.63, 3.8) is 0 Å². The zero-order valence-electron chi connectivity index (χ0n) is 9.76. The lowest BCUT2D eigenvalue weighted by Gasteiger charge is -2.13. The van der Waals surface area contributed by atoms with E-state index in [1.165, 1.54) is 25.1 Å². The Morgan fingerprint density at radius 3 is 2.35 bits per heavy atom. The van der Waals surface area contributed by atoms with Gasteiger partial charge in [-0.05, 0) is 31.2 Å². The van der Waals surface area contributed by atoms with Crippen molar-refractivity contribution in [2.24, 2.45) is 0 Å². The Balaban J connectivity index is 0.00000361. The van der Waals surface area contributed by atoms with Gasteiger partial charge in [0.05, 0.1) is 5.02 Å². The van der Waals surface area contributed by atoms with Crippen LogP contribution in [0.3, 0.4) is 0 Å². The first-order chi connectivity index (χ1) is 8.81. The fourth-order valence-electron chi connectivity index (χ4n) is 1.16. The second-order valence-electron chi connectivity index (χ2n) is 3.61. The predicted molar refractivity (Wildman–Crippen MR) is 78.5 cm³/mol. The molecule has 0 heterocycles. The molecule has 1 atom stereocenters. The molecule has 0 bridgehead atoms. The van der Waals surface area contributed by atoms with Crippen LogP contribution >= 0.6 is 23.2 Å². The summed E-state index contributed by atoms with van der Waals surface area (Å²) in [6, 6.07) is 4.28. The van der Waals surface area contributed by atoms with E-state index < -0.39 is 18.0 Å². The second kappa shape index (κ2) is 8.36. The first kappa shape index (κ1) is 19.0. The summed E-state index contributed by atoms with van der Waals surface area (Å²) in [5.74, 6) is -2.45. The highest BCUT2D eigenvalue weighted by atomic mass is 35.5. The van der Waals surface area contributed by atoms with Gasteiger partial charge < -0.3 is 14.9 Å². The number of hydrogen-bond donors (Lipinski definition) is 2. The van der Waals surface area contributed by atoms with Crippen molar-refractivity contribution < 1.29 is 24.5 Å². The lowest BCUT2D eigenvalue weighted by atomic mass is 10.2. The van der Waals surface area contributed by atoms with E-state index in [4.69, 9.17) is 38.2 Å². The SMILES string of the molecule is CC(=CC(Oc1ccc(Cl)cc1Cl)C(=O)O)C(=O)O.[MgH2]. The lowest BCUT2D eigenvalue weighted by molar-refractivity contribution is -0.142. The van der Waals surface area contributed by atoms with E-state index >= 15 is 0 Å². The molecule has 106 valence electrons. The Kier molecular flexibility index (Phi) is 7.96. The second-order valence-corrected chi connectivity index (χ2v) is 4.45. The van der Waals surface area contributed by atoms with Gasteiger partial charge in [-0.1, -0.05) is 23.2 Å². The first-order valence-corrected chi connectivity index (χ1v) is 5.83. The summed E-state index contributed by atoms with van der Waals surface area (Å²) in [4.78, 5) is 21.7. The number of ether oxygens (including phenoxy) is 1. The van der Waals surface area contributed by atoms with E-state index in [0.29, 0.717) is 5.02 Å². The van der Waals surface area contributed by atoms with Crippen LogP contribution in [0.15, 0.2) is 29.8 Å². The number of carboxylic acids is 2. The van der Waals surface area contributed by atoms with E-state index in [1.807, 2.05) is 0 Å². The minimum absolute atomic E-state index is 0. The quantitative estimate of drug-likeness (QED) is 0.636. The van der Waals surface area contributed by atoms with Gasteiger partial charge in [0.2, 0.25) is 6.10 Å². The molecule has 0 aliphatic rings. The number of hydrogen-bond acceptors (Lipinski definition) is 3. The van der Waals surface area contributed by atoms with Crippen LogP contribution in [0, 0.1) is 0 Å². The first-order valence-electron chi connectivity index (χ1n) is 5.07. The highest BCUT2D eigenvalue weighted by Crippen LogP contribution is 2.28. The molecule has 0 saturated carbocycles. The zero-order chi connectivity index (χ0) is 14.6. The van der Waals surface area contributed by atoms with Gasteiger partial charge in [-0.15, -0.1) is 0 Å². The number of aliphatic carboxylic acids is 2. The molecule has 20 heavy (non-hydrogen) atoms. The van der Waals surface area contributed by atoms with Crippen LogP contribution in [0.4, 0.5) is 0 Å². The Morgan fingerprint density at radius 2 is 1.90 bits per heavy atom. The van der Waals surface area contributed by atoms with Gasteiger partial charge in [-0.3, -0.25) is 0 Å². The van der Waals surface area contributed by atoms with Crippen LogP contribution in [-0.2, 0) is 9.59 Å². The molecule has 0 spiro atoms. The van der Waals surface area contributed by atoms with Crippen LogP contribution in [0.2, 0.25) is 10.0 Å². The van der Waals surface area contributed by atoms with Gasteiger partial charge >= 0.3 is 35.0 Å². The van der Waals surface area contributed by atoms with Crippen molar-refractivity contribution in [2.75, 3.05) is 0 Å². The van der Waals surface area contributed by atoms with Crippen molar-refractivity contribution in [2.45, 2.75) is 13.0 Å². The minimum Gasteiger partial charge on any atom is -0.478 e. The monoisotopic (exact) mass is 330 g/mol. The number of rotatable bonds is 5. The minimum atomic E-state index is -1.45. The molecule has 1 unspecified atom stereocenters. The number of benzene rings is 1. The third kappa shape index (κ3) is 5.58. The molecule has 1 rings (SSSR count). The van der Waals surface area contributed by atoms with Gasteiger partial charge in [-0.25, -0.2) is 9.59 Å². The zero-order valence-corrected chi connectivity index (χ0v) is 11.3. The summed E-state index contributed by atoms with van der Waals surface area (Å²) in [6.07, 6.45) is -0.468. The molecule has 8 heteroatoms. The molecule has 1 aromatic carbocycles. The summed E-state index contributed by atoms with van der Waals surface area (Å²) in [5.41, 5.74) is -0.141. The van der Waals surface area contributed by atoms with Gasteiger partial charge in [0, 0.05) is 10.6 Å². The molecule has 0 aliphatic heterocycles. The molecular formula is C12H12Cl2MgO5. The standard InChI is InChI=1S/C12H10Cl2O5.Mg.2H/c1-6(11(15)16)4-10(12(17)18)19-9-3-2-7(13)5-8(9)14;;;/h2-5,10H,1H3,(H,15,16)(H,17,18);;;. The molecule has 5 nitrogen and oxygen atoms in total. The Hall–Kier alpha value is -0.954. The van der Waals surface area contributed by atoms with E-state index in [9.17, 15) is 9.59 Å². The Labute approximate surface area is 141 Å². The molecular weight excluding hydrogens is 319 g/mol. The van der Waals surface area contributed by atoms with E-state index in [2.05, 4.69) is 0 Å². The van der Waals surface area contributed by atoms with Crippen LogP contribution in [0.1, 0.15) is 6.92 Å². The average molecular weight is 331 g/mol. The molecule has 2 N–H and O–H groups in total. The maximum atomic E-state index is 11.0. The van der Waals surface area contributed by atoms with Gasteiger partial charge in [-0.2, -0.15) is 0 Å². The van der Waals surface area contributed by atoms with Crippen molar-refractivity contribution in [1.82, 2.24) is 0 Å². The maximum Gasteiger partial charge on any atom is 0.349 e. The Morgan fingerprint density at radius 1 is 1.30 bits per heavy atom. The van der Waals surface area contributed by atoms with E-state index in [-0.39, 0.29) is 39.4 Å². The lowest BCUT2D eigenvalue weighted by Crippen LogP contribution is -2.25. The molecule has 0 aromatic heterocycles. The van der Waals surface area contributed by atoms with Crippen molar-refractivity contribution in [1.29, 1.82) is 0 Å². The van der Waals surface area contributed by atoms with Crippen molar-refractivity contribution in [3.8, 4) is 5.75 Å². The fraction of sp³-hybridized carbons (Fsp3) is 0.167. The van der Waals surface area contributed by atoms with Crippen LogP contribution in [0.25, 0.3) is 0 Å². The molecule has 0 aliphatic carbocycles. The van der Waals surface area contributed by atoms with Gasteiger partial charge in [0.25, 0.3) is 0 Å². The number of halogens is 2. The van der Waals surface area contributed by atoms with Crippen LogP contribution in [-0.4, -0.2) is 51.3 Å². The van der Waals surface area contributed by atoms with Crippen LogP contribution in [0.5, 0.6) is 5.75 Å². The summed E-state index contributed by atoms with van der Waals surface area (Å²) in [5, 5.41) is 18.2. The third-order valence-electron chi connectivity index (χ3n) is 2.13. The van der Waals surface area contributed by atoms with Gasteiger partial charge in [0.1, 0.15) is 5.75 Å². The summed E-state index contributed by atoms with van der Waals surface area (Å²) in [6.45, 7) is 1.27. The molecule has 0 amide bonds. The summed E-state index contributed by atoms with van der Waals surface area (Å²) < 4.78 is 5.15. The molecule has 0 radical (unpaired) electrons. The average Bonchev–Trinajstić information content (AvgIpc) is 2.30. The van der Waals surface area contributed by atoms with Crippen LogP contribution < -0.4 is 4.74 Å². The van der Waals surface area contributed by atoms with Crippen molar-refractivity contribution in [3.05, 3.63) is 39.9 Å². The summed E-state index contributed by atoms with van der Waals surface area (Å²) in [7, 11) is 0. The number of carbonyl (C=O) groups is 2. The molecule has 0 fully saturated rings. The topological polar surface area (TPSA) is 83.8 Å². The normalized spacial score (nSPS) is 12.2. The predicted octanol–water partition coefficient (Wildman–Crippen LogP) is 1.94. The van der Waals surface area contributed by atoms with E-state index in [0.717, 1.165) is 6.08 Å². The molecule has 0 saturated heterocycles.